The van der Waals surface area contributed by atoms with Crippen molar-refractivity contribution in [1.29, 1.82) is 0 Å². The van der Waals surface area contributed by atoms with Crippen LogP contribution in [0.4, 0.5) is 0 Å². The average molecular weight is 231 g/mol. The SMILES string of the molecule is C=C1NC1=O.CCC(C)S(=O)(=O)O.[NaH]. The molecule has 1 rings (SSSR count). The van der Waals surface area contributed by atoms with Crippen molar-refractivity contribution in [2.45, 2.75) is 25.5 Å². The van der Waals surface area contributed by atoms with Crippen LogP contribution in [0.3, 0.4) is 0 Å². The Labute approximate surface area is 106 Å². The van der Waals surface area contributed by atoms with E-state index >= 15 is 0 Å². The van der Waals surface area contributed by atoms with Gasteiger partial charge in [-0.3, -0.25) is 9.35 Å². The van der Waals surface area contributed by atoms with Gasteiger partial charge in [-0.1, -0.05) is 13.5 Å². The van der Waals surface area contributed by atoms with Crippen LogP contribution in [0.15, 0.2) is 12.3 Å². The third-order valence-electron chi connectivity index (χ3n) is 1.56. The molecule has 5 nitrogen and oxygen atoms in total. The minimum absolute atomic E-state index is 0. The minimum atomic E-state index is -3.75. The summed E-state index contributed by atoms with van der Waals surface area (Å²) in [6.45, 7) is 6.46. The van der Waals surface area contributed by atoms with Crippen molar-refractivity contribution in [3.8, 4) is 0 Å². The van der Waals surface area contributed by atoms with Crippen molar-refractivity contribution in [1.82, 2.24) is 5.32 Å². The zero-order chi connectivity index (χ0) is 10.6. The summed E-state index contributed by atoms with van der Waals surface area (Å²) in [7, 11) is -3.75. The topological polar surface area (TPSA) is 93.4 Å². The first-order valence-corrected chi connectivity index (χ1v) is 5.26. The summed E-state index contributed by atoms with van der Waals surface area (Å²) in [6.07, 6.45) is 0.457. The molecule has 1 saturated heterocycles. The van der Waals surface area contributed by atoms with Gasteiger partial charge in [0.1, 0.15) is 0 Å². The van der Waals surface area contributed by atoms with Crippen molar-refractivity contribution in [3.05, 3.63) is 12.3 Å². The van der Waals surface area contributed by atoms with Gasteiger partial charge in [-0.15, -0.1) is 0 Å². The quantitative estimate of drug-likeness (QED) is 0.294. The molecule has 2 N–H and O–H groups in total. The third kappa shape index (κ3) is 7.52. The first-order chi connectivity index (χ1) is 5.79. The number of nitrogens with one attached hydrogen (secondary N) is 1. The molecule has 7 heteroatoms. The second kappa shape index (κ2) is 6.58. The van der Waals surface area contributed by atoms with Crippen LogP contribution in [0.1, 0.15) is 20.3 Å². The average Bonchev–Trinajstić information content (AvgIpc) is 2.62. The van der Waals surface area contributed by atoms with Crippen LogP contribution in [-0.2, 0) is 14.9 Å². The van der Waals surface area contributed by atoms with Gasteiger partial charge in [0.25, 0.3) is 16.0 Å². The van der Waals surface area contributed by atoms with E-state index in [1.807, 2.05) is 0 Å². The summed E-state index contributed by atoms with van der Waals surface area (Å²) in [5.41, 5.74) is 0.532. The van der Waals surface area contributed by atoms with Crippen LogP contribution in [0.25, 0.3) is 0 Å². The third-order valence-corrected chi connectivity index (χ3v) is 2.91. The van der Waals surface area contributed by atoms with Crippen molar-refractivity contribution in [2.24, 2.45) is 0 Å². The predicted molar refractivity (Wildman–Crippen MR) is 55.7 cm³/mol. The van der Waals surface area contributed by atoms with E-state index in [0.717, 1.165) is 0 Å². The van der Waals surface area contributed by atoms with Crippen molar-refractivity contribution in [3.63, 3.8) is 0 Å². The standard InChI is InChI=1S/C4H10O3S.C3H3NO.Na.H/c1-3-4(2)8(5,6)7;1-2-3(5)4-2;;/h4H,3H2,1-2H3,(H,5,6,7);1H2,(H,4,5);;. The number of carbonyl (C=O) groups excluding carboxylic acids is 1. The van der Waals surface area contributed by atoms with E-state index in [4.69, 9.17) is 4.55 Å². The summed E-state index contributed by atoms with van der Waals surface area (Å²) in [6, 6.07) is 0. The summed E-state index contributed by atoms with van der Waals surface area (Å²) in [5.74, 6) is -0.0231. The van der Waals surface area contributed by atoms with Gasteiger partial charge < -0.3 is 5.32 Å². The summed E-state index contributed by atoms with van der Waals surface area (Å²) in [5, 5.41) is 1.74. The van der Waals surface area contributed by atoms with E-state index < -0.39 is 15.4 Å². The molecule has 0 radical (unpaired) electrons. The Morgan fingerprint density at radius 2 is 1.86 bits per heavy atom. The molecule has 1 aliphatic heterocycles. The van der Waals surface area contributed by atoms with Crippen LogP contribution in [0, 0.1) is 0 Å². The summed E-state index contributed by atoms with van der Waals surface area (Å²) < 4.78 is 28.5. The zero-order valence-electron chi connectivity index (χ0n) is 7.57. The molecule has 0 aromatic heterocycles. The molecular formula is C7H14NNaO4S. The van der Waals surface area contributed by atoms with Crippen LogP contribution < -0.4 is 5.32 Å². The molecule has 1 aliphatic rings. The summed E-state index contributed by atoms with van der Waals surface area (Å²) in [4.78, 5) is 9.68. The van der Waals surface area contributed by atoms with Gasteiger partial charge >= 0.3 is 29.6 Å². The Kier molecular flexibility index (Phi) is 7.77. The Balaban J connectivity index is 0. The maximum absolute atomic E-state index is 10.1. The van der Waals surface area contributed by atoms with Crippen LogP contribution in [0.2, 0.25) is 0 Å². The van der Waals surface area contributed by atoms with Crippen molar-refractivity contribution >= 4 is 45.6 Å². The Hall–Kier alpha value is 0.120. The zero-order valence-corrected chi connectivity index (χ0v) is 8.39. The fourth-order valence-electron chi connectivity index (χ4n) is 0.316. The van der Waals surface area contributed by atoms with Gasteiger partial charge in [0.2, 0.25) is 0 Å². The molecule has 14 heavy (non-hydrogen) atoms. The van der Waals surface area contributed by atoms with E-state index in [1.54, 1.807) is 6.92 Å². The van der Waals surface area contributed by atoms with Gasteiger partial charge in [0.15, 0.2) is 0 Å². The normalized spacial score (nSPS) is 15.6. The number of carbonyl (C=O) groups is 1. The number of amides is 1. The molecule has 0 saturated carbocycles. The van der Waals surface area contributed by atoms with E-state index in [9.17, 15) is 13.2 Å². The van der Waals surface area contributed by atoms with Crippen molar-refractivity contribution in [2.75, 3.05) is 0 Å². The molecule has 1 atom stereocenters. The Morgan fingerprint density at radius 1 is 1.57 bits per heavy atom. The second-order valence-electron chi connectivity index (χ2n) is 2.67. The van der Waals surface area contributed by atoms with Gasteiger partial charge in [-0.25, -0.2) is 0 Å². The molecule has 0 aromatic rings. The molecule has 78 valence electrons. The number of hydrogen-bond acceptors (Lipinski definition) is 3. The van der Waals surface area contributed by atoms with Crippen LogP contribution in [-0.4, -0.2) is 53.7 Å². The maximum atomic E-state index is 10.1. The van der Waals surface area contributed by atoms with Gasteiger partial charge in [-0.2, -0.15) is 8.42 Å². The number of rotatable bonds is 2. The number of hydrogen-bond donors (Lipinski definition) is 2. The molecule has 0 spiro atoms. The molecule has 0 aliphatic carbocycles. The first-order valence-electron chi connectivity index (χ1n) is 3.75. The van der Waals surface area contributed by atoms with Crippen LogP contribution in [0.5, 0.6) is 0 Å². The fraction of sp³-hybridized carbons (Fsp3) is 0.571. The van der Waals surface area contributed by atoms with Gasteiger partial charge in [0, 0.05) is 0 Å². The monoisotopic (exact) mass is 231 g/mol. The first kappa shape index (κ1) is 16.5. The molecule has 1 heterocycles. The van der Waals surface area contributed by atoms with Crippen LogP contribution >= 0.6 is 0 Å². The van der Waals surface area contributed by atoms with E-state index in [-0.39, 0.29) is 35.5 Å². The summed E-state index contributed by atoms with van der Waals surface area (Å²) >= 11 is 0. The van der Waals surface area contributed by atoms with E-state index in [0.29, 0.717) is 12.1 Å². The fourth-order valence-corrected chi connectivity index (χ4v) is 0.738. The molecular weight excluding hydrogens is 217 g/mol. The molecule has 1 fully saturated rings. The Morgan fingerprint density at radius 3 is 1.86 bits per heavy atom. The van der Waals surface area contributed by atoms with Crippen molar-refractivity contribution < 1.29 is 17.8 Å². The van der Waals surface area contributed by atoms with Gasteiger partial charge in [-0.05, 0) is 13.3 Å². The molecule has 1 unspecified atom stereocenters. The van der Waals surface area contributed by atoms with E-state index in [1.165, 1.54) is 6.92 Å². The van der Waals surface area contributed by atoms with Gasteiger partial charge in [0.05, 0.1) is 10.9 Å². The second-order valence-corrected chi connectivity index (χ2v) is 4.50. The molecule has 0 aromatic carbocycles. The van der Waals surface area contributed by atoms with E-state index in [2.05, 4.69) is 11.9 Å². The Bertz CT molecular complexity index is 300. The molecule has 1 amide bonds. The predicted octanol–water partition coefficient (Wildman–Crippen LogP) is -0.346. The molecule has 0 bridgehead atoms.